The Morgan fingerprint density at radius 2 is 2.00 bits per heavy atom. The van der Waals surface area contributed by atoms with Gasteiger partial charge in [0.15, 0.2) is 5.82 Å². The Hall–Kier alpha value is -2.89. The van der Waals surface area contributed by atoms with E-state index < -0.39 is 0 Å². The maximum absolute atomic E-state index is 13.6. The number of rotatable bonds is 3. The second-order valence-corrected chi connectivity index (χ2v) is 7.18. The number of benzene rings is 1. The SMILES string of the molecule is Cc1nn(C)c(-n2cccn2)c1C(=O)N1C[C@@H](C(C)C)c2ccccc21. The molecule has 4 rings (SSSR count). The maximum atomic E-state index is 13.6. The van der Waals surface area contributed by atoms with E-state index in [1.165, 1.54) is 5.56 Å². The number of carbonyl (C=O) groups is 1. The van der Waals surface area contributed by atoms with Gasteiger partial charge in [0.05, 0.1) is 5.69 Å². The molecule has 3 aromatic rings. The zero-order valence-electron chi connectivity index (χ0n) is 15.5. The molecule has 0 aliphatic carbocycles. The average Bonchev–Trinajstić information content (AvgIpc) is 3.31. The fraction of sp³-hybridized carbons (Fsp3) is 0.350. The average molecular weight is 349 g/mol. The lowest BCUT2D eigenvalue weighted by molar-refractivity contribution is 0.0986. The van der Waals surface area contributed by atoms with Gasteiger partial charge >= 0.3 is 0 Å². The van der Waals surface area contributed by atoms with Crippen molar-refractivity contribution in [2.75, 3.05) is 11.4 Å². The molecule has 0 radical (unpaired) electrons. The number of aromatic nitrogens is 4. The minimum Gasteiger partial charge on any atom is -0.307 e. The summed E-state index contributed by atoms with van der Waals surface area (Å²) in [7, 11) is 1.84. The molecule has 1 aliphatic heterocycles. The van der Waals surface area contributed by atoms with Gasteiger partial charge in [-0.15, -0.1) is 0 Å². The Labute approximate surface area is 153 Å². The Morgan fingerprint density at radius 1 is 1.23 bits per heavy atom. The maximum Gasteiger partial charge on any atom is 0.264 e. The Bertz CT molecular complexity index is 955. The molecule has 0 saturated heterocycles. The number of amides is 1. The molecule has 3 heterocycles. The summed E-state index contributed by atoms with van der Waals surface area (Å²) in [5.74, 6) is 1.49. The summed E-state index contributed by atoms with van der Waals surface area (Å²) < 4.78 is 3.42. The summed E-state index contributed by atoms with van der Waals surface area (Å²) in [6, 6.07) is 10.1. The molecule has 26 heavy (non-hydrogen) atoms. The van der Waals surface area contributed by atoms with Crippen molar-refractivity contribution < 1.29 is 4.79 Å². The van der Waals surface area contributed by atoms with Crippen molar-refractivity contribution in [2.45, 2.75) is 26.7 Å². The monoisotopic (exact) mass is 349 g/mol. The second-order valence-electron chi connectivity index (χ2n) is 7.18. The molecule has 0 fully saturated rings. The molecule has 2 aromatic heterocycles. The molecule has 6 nitrogen and oxygen atoms in total. The van der Waals surface area contributed by atoms with E-state index in [0.717, 1.165) is 5.69 Å². The lowest BCUT2D eigenvalue weighted by Gasteiger charge is -2.19. The van der Waals surface area contributed by atoms with Crippen LogP contribution in [0.3, 0.4) is 0 Å². The van der Waals surface area contributed by atoms with E-state index in [1.54, 1.807) is 15.6 Å². The third kappa shape index (κ3) is 2.44. The summed E-state index contributed by atoms with van der Waals surface area (Å²) in [4.78, 5) is 15.5. The molecule has 1 aliphatic rings. The Morgan fingerprint density at radius 3 is 2.69 bits per heavy atom. The molecule has 0 N–H and O–H groups in total. The molecule has 6 heteroatoms. The zero-order valence-corrected chi connectivity index (χ0v) is 15.5. The van der Waals surface area contributed by atoms with Crippen molar-refractivity contribution in [1.29, 1.82) is 0 Å². The quantitative estimate of drug-likeness (QED) is 0.729. The molecular weight excluding hydrogens is 326 g/mol. The van der Waals surface area contributed by atoms with Crippen molar-refractivity contribution >= 4 is 11.6 Å². The van der Waals surface area contributed by atoms with Gasteiger partial charge in [0, 0.05) is 37.6 Å². The molecule has 1 atom stereocenters. The summed E-state index contributed by atoms with van der Waals surface area (Å²) in [6.45, 7) is 6.99. The highest BCUT2D eigenvalue weighted by atomic mass is 16.2. The second kappa shape index (κ2) is 6.12. The van der Waals surface area contributed by atoms with Crippen LogP contribution >= 0.6 is 0 Å². The summed E-state index contributed by atoms with van der Waals surface area (Å²) >= 11 is 0. The fourth-order valence-electron chi connectivity index (χ4n) is 3.89. The topological polar surface area (TPSA) is 56.0 Å². The molecular formula is C20H23N5O. The van der Waals surface area contributed by atoms with Crippen LogP contribution < -0.4 is 4.90 Å². The van der Waals surface area contributed by atoms with Crippen molar-refractivity contribution in [3.63, 3.8) is 0 Å². The van der Waals surface area contributed by atoms with E-state index >= 15 is 0 Å². The van der Waals surface area contributed by atoms with E-state index in [0.29, 0.717) is 35.5 Å². The number of hydrogen-bond acceptors (Lipinski definition) is 3. The van der Waals surface area contributed by atoms with E-state index in [1.807, 2.05) is 49.3 Å². The Kier molecular flexibility index (Phi) is 3.90. The molecule has 0 spiro atoms. The minimum atomic E-state index is -0.0169. The van der Waals surface area contributed by atoms with Gasteiger partial charge in [-0.1, -0.05) is 32.0 Å². The van der Waals surface area contributed by atoms with E-state index in [-0.39, 0.29) is 5.91 Å². The van der Waals surface area contributed by atoms with Gasteiger partial charge < -0.3 is 4.90 Å². The first kappa shape index (κ1) is 16.6. The lowest BCUT2D eigenvalue weighted by atomic mass is 9.90. The highest BCUT2D eigenvalue weighted by Gasteiger charge is 2.36. The molecule has 0 bridgehead atoms. The van der Waals surface area contributed by atoms with Crippen LogP contribution in [0.2, 0.25) is 0 Å². The first-order valence-electron chi connectivity index (χ1n) is 8.93. The fourth-order valence-corrected chi connectivity index (χ4v) is 3.89. The third-order valence-corrected chi connectivity index (χ3v) is 5.18. The predicted molar refractivity (Wildman–Crippen MR) is 101 cm³/mol. The van der Waals surface area contributed by atoms with Crippen molar-refractivity contribution in [3.05, 3.63) is 59.5 Å². The van der Waals surface area contributed by atoms with Gasteiger partial charge in [-0.25, -0.2) is 9.36 Å². The first-order chi connectivity index (χ1) is 12.5. The van der Waals surface area contributed by atoms with Gasteiger partial charge in [-0.3, -0.25) is 4.79 Å². The number of fused-ring (bicyclic) bond motifs is 1. The van der Waals surface area contributed by atoms with E-state index in [9.17, 15) is 4.79 Å². The van der Waals surface area contributed by atoms with Crippen molar-refractivity contribution in [3.8, 4) is 5.82 Å². The zero-order chi connectivity index (χ0) is 18.4. The minimum absolute atomic E-state index is 0.0169. The predicted octanol–water partition coefficient (Wildman–Crippen LogP) is 3.31. The molecule has 134 valence electrons. The first-order valence-corrected chi connectivity index (χ1v) is 8.93. The summed E-state index contributed by atoms with van der Waals surface area (Å²) in [5.41, 5.74) is 3.58. The number of nitrogens with zero attached hydrogens (tertiary/aromatic N) is 5. The van der Waals surface area contributed by atoms with Gasteiger partial charge in [0.2, 0.25) is 0 Å². The van der Waals surface area contributed by atoms with Crippen molar-refractivity contribution in [2.24, 2.45) is 13.0 Å². The molecule has 1 amide bonds. The lowest BCUT2D eigenvalue weighted by Crippen LogP contribution is -2.31. The highest BCUT2D eigenvalue weighted by molar-refractivity contribution is 6.10. The molecule has 1 aromatic carbocycles. The van der Waals surface area contributed by atoms with Gasteiger partial charge in [-0.05, 0) is 30.5 Å². The van der Waals surface area contributed by atoms with E-state index in [2.05, 4.69) is 30.1 Å². The van der Waals surface area contributed by atoms with Gasteiger partial charge in [0.1, 0.15) is 5.56 Å². The standard InChI is InChI=1S/C20H23N5O/c1-13(2)16-12-24(17-9-6-5-8-15(16)17)20(26)18-14(3)22-23(4)19(18)25-11-7-10-21-25/h5-11,13,16H,12H2,1-4H3/t16-/m0/s1. The van der Waals surface area contributed by atoms with Crippen LogP contribution in [0.25, 0.3) is 5.82 Å². The summed E-state index contributed by atoms with van der Waals surface area (Å²) in [6.07, 6.45) is 3.54. The van der Waals surface area contributed by atoms with Gasteiger partial charge in [-0.2, -0.15) is 10.2 Å². The van der Waals surface area contributed by atoms with E-state index in [4.69, 9.17) is 0 Å². The number of hydrogen-bond donors (Lipinski definition) is 0. The van der Waals surface area contributed by atoms with Crippen LogP contribution in [0.1, 0.15) is 41.4 Å². The van der Waals surface area contributed by atoms with Crippen molar-refractivity contribution in [1.82, 2.24) is 19.6 Å². The molecule has 0 unspecified atom stereocenters. The third-order valence-electron chi connectivity index (χ3n) is 5.18. The normalized spacial score (nSPS) is 16.3. The van der Waals surface area contributed by atoms with Crippen LogP contribution in [0.5, 0.6) is 0 Å². The van der Waals surface area contributed by atoms with Crippen LogP contribution in [-0.4, -0.2) is 32.0 Å². The van der Waals surface area contributed by atoms with Crippen LogP contribution in [0.15, 0.2) is 42.7 Å². The number of anilines is 1. The number of carbonyl (C=O) groups excluding carboxylic acids is 1. The number of para-hydroxylation sites is 1. The van der Waals surface area contributed by atoms with Gasteiger partial charge in [0.25, 0.3) is 5.91 Å². The van der Waals surface area contributed by atoms with Crippen LogP contribution in [-0.2, 0) is 7.05 Å². The Balaban J connectivity index is 1.81. The summed E-state index contributed by atoms with van der Waals surface area (Å²) in [5, 5.41) is 8.78. The largest absolute Gasteiger partial charge is 0.307 e. The number of aryl methyl sites for hydroxylation is 2. The smallest absolute Gasteiger partial charge is 0.264 e. The van der Waals surface area contributed by atoms with Crippen LogP contribution in [0.4, 0.5) is 5.69 Å². The highest BCUT2D eigenvalue weighted by Crippen LogP contribution is 2.41. The molecule has 0 saturated carbocycles. The van der Waals surface area contributed by atoms with Crippen LogP contribution in [0, 0.1) is 12.8 Å².